The molecule has 0 unspecified atom stereocenters. The Morgan fingerprint density at radius 1 is 1.21 bits per heavy atom. The fourth-order valence-electron chi connectivity index (χ4n) is 3.11. The lowest BCUT2D eigenvalue weighted by Crippen LogP contribution is -2.47. The lowest BCUT2D eigenvalue weighted by atomic mass is 10.1. The summed E-state index contributed by atoms with van der Waals surface area (Å²) in [5, 5.41) is 13.0. The average molecular weight is 395 g/mol. The van der Waals surface area contributed by atoms with Gasteiger partial charge in [-0.1, -0.05) is 12.1 Å². The van der Waals surface area contributed by atoms with E-state index in [0.29, 0.717) is 50.4 Å². The molecule has 1 aliphatic rings. The van der Waals surface area contributed by atoms with Crippen molar-refractivity contribution in [1.82, 2.24) is 10.2 Å². The highest BCUT2D eigenvalue weighted by Crippen LogP contribution is 2.29. The van der Waals surface area contributed by atoms with Crippen molar-refractivity contribution in [1.29, 1.82) is 0 Å². The van der Waals surface area contributed by atoms with Crippen molar-refractivity contribution in [3.63, 3.8) is 0 Å². The minimum absolute atomic E-state index is 0.145. The Labute approximate surface area is 161 Å². The van der Waals surface area contributed by atoms with Crippen molar-refractivity contribution >= 4 is 5.96 Å². The van der Waals surface area contributed by atoms with E-state index in [1.807, 2.05) is 17.0 Å². The van der Waals surface area contributed by atoms with Gasteiger partial charge < -0.3 is 19.7 Å². The van der Waals surface area contributed by atoms with Gasteiger partial charge in [-0.15, -0.1) is 0 Å². The van der Waals surface area contributed by atoms with E-state index in [0.717, 1.165) is 17.9 Å². The number of rotatable bonds is 5. The summed E-state index contributed by atoms with van der Waals surface area (Å²) in [6, 6.07) is 8.93. The van der Waals surface area contributed by atoms with E-state index in [9.17, 15) is 18.3 Å². The number of benzene rings is 1. The highest BCUT2D eigenvalue weighted by molar-refractivity contribution is 5.80. The predicted octanol–water partition coefficient (Wildman–Crippen LogP) is 3.44. The zero-order valence-electron chi connectivity index (χ0n) is 15.5. The second-order valence-electron chi connectivity index (χ2n) is 6.81. The van der Waals surface area contributed by atoms with Crippen molar-refractivity contribution < 1.29 is 22.7 Å². The van der Waals surface area contributed by atoms with Gasteiger partial charge in [0.05, 0.1) is 24.5 Å². The minimum atomic E-state index is -4.37. The Morgan fingerprint density at radius 2 is 2.00 bits per heavy atom. The summed E-state index contributed by atoms with van der Waals surface area (Å²) in [5.41, 5.74) is -0.175. The van der Waals surface area contributed by atoms with Gasteiger partial charge in [0.15, 0.2) is 5.96 Å². The molecule has 0 saturated carbocycles. The van der Waals surface area contributed by atoms with Gasteiger partial charge in [-0.05, 0) is 42.7 Å². The largest absolute Gasteiger partial charge is 0.469 e. The molecule has 0 spiro atoms. The third kappa shape index (κ3) is 5.76. The standard InChI is InChI=1S/C20H24F3N3O2/c21-20(22,23)16-4-1-3-15(13-16)14-25-19(26-10-7-17(27)8-11-26)24-9-6-18-5-2-12-28-18/h1-5,12-13,17,27H,6-11,14H2,(H,24,25). The first kappa shape index (κ1) is 20.3. The second-order valence-corrected chi connectivity index (χ2v) is 6.81. The maximum absolute atomic E-state index is 12.9. The van der Waals surface area contributed by atoms with E-state index in [1.54, 1.807) is 12.3 Å². The van der Waals surface area contributed by atoms with Gasteiger partial charge in [-0.2, -0.15) is 13.2 Å². The highest BCUT2D eigenvalue weighted by Gasteiger charge is 2.30. The van der Waals surface area contributed by atoms with Gasteiger partial charge in [0.1, 0.15) is 5.76 Å². The van der Waals surface area contributed by atoms with E-state index in [-0.39, 0.29) is 12.6 Å². The fraction of sp³-hybridized carbons (Fsp3) is 0.450. The monoisotopic (exact) mass is 395 g/mol. The van der Waals surface area contributed by atoms with Crippen LogP contribution in [0.3, 0.4) is 0 Å². The van der Waals surface area contributed by atoms with Crippen LogP contribution in [-0.4, -0.2) is 41.7 Å². The van der Waals surface area contributed by atoms with Crippen molar-refractivity contribution in [3.8, 4) is 0 Å². The van der Waals surface area contributed by atoms with Crippen LogP contribution in [0.2, 0.25) is 0 Å². The Morgan fingerprint density at radius 3 is 2.68 bits per heavy atom. The number of hydrogen-bond acceptors (Lipinski definition) is 3. The number of nitrogens with one attached hydrogen (secondary N) is 1. The van der Waals surface area contributed by atoms with Gasteiger partial charge in [0.25, 0.3) is 0 Å². The zero-order chi connectivity index (χ0) is 20.0. The van der Waals surface area contributed by atoms with E-state index in [2.05, 4.69) is 10.3 Å². The molecule has 5 nitrogen and oxygen atoms in total. The molecule has 0 bridgehead atoms. The quantitative estimate of drug-likeness (QED) is 0.602. The SMILES string of the molecule is OC1CCN(C(=NCc2cccc(C(F)(F)F)c2)NCCc2ccco2)CC1. The summed E-state index contributed by atoms with van der Waals surface area (Å²) in [6.45, 7) is 2.03. The topological polar surface area (TPSA) is 61.0 Å². The zero-order valence-corrected chi connectivity index (χ0v) is 15.5. The molecule has 28 heavy (non-hydrogen) atoms. The number of aliphatic hydroxyl groups is 1. The summed E-state index contributed by atoms with van der Waals surface area (Å²) in [6.07, 6.45) is -1.11. The summed E-state index contributed by atoms with van der Waals surface area (Å²) >= 11 is 0. The maximum Gasteiger partial charge on any atom is 0.416 e. The molecule has 1 aromatic heterocycles. The molecule has 3 rings (SSSR count). The number of aliphatic hydroxyl groups excluding tert-OH is 1. The maximum atomic E-state index is 12.9. The van der Waals surface area contributed by atoms with Crippen molar-refractivity contribution in [2.24, 2.45) is 4.99 Å². The summed E-state index contributed by atoms with van der Waals surface area (Å²) < 4.78 is 44.0. The average Bonchev–Trinajstić information content (AvgIpc) is 3.18. The smallest absolute Gasteiger partial charge is 0.416 e. The normalized spacial score (nSPS) is 16.4. The number of nitrogens with zero attached hydrogens (tertiary/aromatic N) is 2. The molecule has 0 aliphatic carbocycles. The van der Waals surface area contributed by atoms with Crippen LogP contribution in [0.1, 0.15) is 29.7 Å². The van der Waals surface area contributed by atoms with Gasteiger partial charge in [-0.3, -0.25) is 0 Å². The molecule has 2 heterocycles. The molecule has 0 amide bonds. The Hall–Kier alpha value is -2.48. The molecule has 1 fully saturated rings. The van der Waals surface area contributed by atoms with Gasteiger partial charge in [0.2, 0.25) is 0 Å². The first-order valence-electron chi connectivity index (χ1n) is 9.31. The number of furan rings is 1. The van der Waals surface area contributed by atoms with Crippen LogP contribution >= 0.6 is 0 Å². The van der Waals surface area contributed by atoms with Gasteiger partial charge in [-0.25, -0.2) is 4.99 Å². The Bertz CT molecular complexity index is 767. The van der Waals surface area contributed by atoms with Crippen molar-refractivity contribution in [3.05, 3.63) is 59.5 Å². The molecule has 1 aliphatic heterocycles. The minimum Gasteiger partial charge on any atom is -0.469 e. The third-order valence-electron chi connectivity index (χ3n) is 4.66. The molecular formula is C20H24F3N3O2. The van der Waals surface area contributed by atoms with Crippen LogP contribution in [0.25, 0.3) is 0 Å². The number of aliphatic imine (C=N–C) groups is 1. The van der Waals surface area contributed by atoms with Crippen LogP contribution in [0.4, 0.5) is 13.2 Å². The predicted molar refractivity (Wildman–Crippen MR) is 99.8 cm³/mol. The highest BCUT2D eigenvalue weighted by atomic mass is 19.4. The van der Waals surface area contributed by atoms with E-state index < -0.39 is 11.7 Å². The first-order valence-corrected chi connectivity index (χ1v) is 9.31. The Kier molecular flexibility index (Phi) is 6.61. The van der Waals surface area contributed by atoms with E-state index in [4.69, 9.17) is 4.42 Å². The second kappa shape index (κ2) is 9.14. The number of halogens is 3. The molecule has 2 aromatic rings. The van der Waals surface area contributed by atoms with Crippen molar-refractivity contribution in [2.75, 3.05) is 19.6 Å². The molecule has 8 heteroatoms. The summed E-state index contributed by atoms with van der Waals surface area (Å²) in [7, 11) is 0. The number of guanidine groups is 1. The Balaban J connectivity index is 1.68. The number of hydrogen-bond donors (Lipinski definition) is 2. The number of piperidine rings is 1. The fourth-order valence-corrected chi connectivity index (χ4v) is 3.11. The number of likely N-dealkylation sites (tertiary alicyclic amines) is 1. The third-order valence-corrected chi connectivity index (χ3v) is 4.66. The molecule has 0 radical (unpaired) electrons. The van der Waals surface area contributed by atoms with Gasteiger partial charge in [0, 0.05) is 26.1 Å². The summed E-state index contributed by atoms with van der Waals surface area (Å²) in [5.74, 6) is 1.48. The molecular weight excluding hydrogens is 371 g/mol. The molecule has 1 aromatic carbocycles. The van der Waals surface area contributed by atoms with E-state index >= 15 is 0 Å². The van der Waals surface area contributed by atoms with Crippen LogP contribution in [0.5, 0.6) is 0 Å². The van der Waals surface area contributed by atoms with Crippen LogP contribution in [0.15, 0.2) is 52.1 Å². The van der Waals surface area contributed by atoms with Crippen LogP contribution < -0.4 is 5.32 Å². The molecule has 0 atom stereocenters. The lowest BCUT2D eigenvalue weighted by molar-refractivity contribution is -0.137. The van der Waals surface area contributed by atoms with Crippen LogP contribution in [0, 0.1) is 0 Å². The first-order chi connectivity index (χ1) is 13.4. The van der Waals surface area contributed by atoms with E-state index in [1.165, 1.54) is 6.07 Å². The summed E-state index contributed by atoms with van der Waals surface area (Å²) in [4.78, 5) is 6.57. The van der Waals surface area contributed by atoms with Crippen molar-refractivity contribution in [2.45, 2.75) is 38.1 Å². The lowest BCUT2D eigenvalue weighted by Gasteiger charge is -2.32. The van der Waals surface area contributed by atoms with Gasteiger partial charge >= 0.3 is 6.18 Å². The molecule has 1 saturated heterocycles. The number of alkyl halides is 3. The van der Waals surface area contributed by atoms with Crippen LogP contribution in [-0.2, 0) is 19.1 Å². The molecule has 152 valence electrons. The molecule has 2 N–H and O–H groups in total.